The third kappa shape index (κ3) is 4.75. The maximum atomic E-state index is 13.9. The first-order valence-corrected chi connectivity index (χ1v) is 10.8. The predicted molar refractivity (Wildman–Crippen MR) is 116 cm³/mol. The van der Waals surface area contributed by atoms with Gasteiger partial charge in [-0.15, -0.1) is 0 Å². The fraction of sp³-hybridized carbons (Fsp3) is 0.458. The summed E-state index contributed by atoms with van der Waals surface area (Å²) in [4.78, 5) is 19.6. The smallest absolute Gasteiger partial charge is 0.225 e. The van der Waals surface area contributed by atoms with Gasteiger partial charge in [-0.05, 0) is 56.3 Å². The second-order valence-electron chi connectivity index (χ2n) is 8.15. The van der Waals surface area contributed by atoms with Crippen molar-refractivity contribution in [1.29, 1.82) is 0 Å². The van der Waals surface area contributed by atoms with Gasteiger partial charge in [-0.3, -0.25) is 9.69 Å². The van der Waals surface area contributed by atoms with E-state index in [9.17, 15) is 9.18 Å². The lowest BCUT2D eigenvalue weighted by atomic mass is 9.94. The predicted octanol–water partition coefficient (Wildman–Crippen LogP) is 3.40. The molecule has 0 spiro atoms. The number of anilines is 1. The summed E-state index contributed by atoms with van der Waals surface area (Å²) in [6, 6.07) is 15.0. The summed E-state index contributed by atoms with van der Waals surface area (Å²) in [5.74, 6) is 1.09. The van der Waals surface area contributed by atoms with Gasteiger partial charge in [0.15, 0.2) is 0 Å². The Balaban J connectivity index is 1.24. The van der Waals surface area contributed by atoms with Crippen LogP contribution in [0.2, 0.25) is 0 Å². The van der Waals surface area contributed by atoms with Crippen molar-refractivity contribution < 1.29 is 13.9 Å². The van der Waals surface area contributed by atoms with E-state index in [1.807, 2.05) is 29.2 Å². The van der Waals surface area contributed by atoms with Gasteiger partial charge in [0.05, 0.1) is 7.11 Å². The molecule has 4 rings (SSSR count). The number of carbonyl (C=O) groups excluding carboxylic acids is 1. The van der Waals surface area contributed by atoms with Crippen molar-refractivity contribution in [2.75, 3.05) is 51.3 Å². The maximum absolute atomic E-state index is 13.9. The Morgan fingerprint density at radius 3 is 2.27 bits per heavy atom. The van der Waals surface area contributed by atoms with Gasteiger partial charge >= 0.3 is 0 Å². The molecular formula is C24H30FN3O2. The summed E-state index contributed by atoms with van der Waals surface area (Å²) < 4.78 is 19.1. The van der Waals surface area contributed by atoms with Crippen LogP contribution in [-0.2, 0) is 11.3 Å². The number of nitrogens with zero attached hydrogens (tertiary/aromatic N) is 3. The van der Waals surface area contributed by atoms with Gasteiger partial charge in [0.1, 0.15) is 11.6 Å². The summed E-state index contributed by atoms with van der Waals surface area (Å²) in [7, 11) is 1.67. The Labute approximate surface area is 178 Å². The summed E-state index contributed by atoms with van der Waals surface area (Å²) >= 11 is 0. The molecule has 0 bridgehead atoms. The van der Waals surface area contributed by atoms with Crippen molar-refractivity contribution in [3.63, 3.8) is 0 Å². The van der Waals surface area contributed by atoms with Crippen LogP contribution in [0.25, 0.3) is 0 Å². The van der Waals surface area contributed by atoms with Gasteiger partial charge in [0.25, 0.3) is 0 Å². The van der Waals surface area contributed by atoms with E-state index in [4.69, 9.17) is 4.74 Å². The largest absolute Gasteiger partial charge is 0.497 e. The fourth-order valence-corrected chi connectivity index (χ4v) is 4.44. The van der Waals surface area contributed by atoms with Crippen molar-refractivity contribution in [2.45, 2.75) is 19.4 Å². The lowest BCUT2D eigenvalue weighted by Crippen LogP contribution is -2.51. The first-order valence-electron chi connectivity index (χ1n) is 10.8. The van der Waals surface area contributed by atoms with Crippen LogP contribution in [0.1, 0.15) is 18.4 Å². The highest BCUT2D eigenvalue weighted by molar-refractivity contribution is 5.79. The van der Waals surface area contributed by atoms with Crippen LogP contribution in [0.3, 0.4) is 0 Å². The zero-order valence-electron chi connectivity index (χ0n) is 17.6. The SMILES string of the molecule is COc1ccc(N2CCN(C(=O)C3CCN(Cc4ccccc4F)CC3)CC2)cc1. The van der Waals surface area contributed by atoms with E-state index < -0.39 is 0 Å². The van der Waals surface area contributed by atoms with E-state index in [-0.39, 0.29) is 17.6 Å². The third-order valence-electron chi connectivity index (χ3n) is 6.32. The molecule has 2 aromatic rings. The number of piperidine rings is 1. The van der Waals surface area contributed by atoms with Gasteiger partial charge < -0.3 is 14.5 Å². The normalized spacial score (nSPS) is 18.5. The second kappa shape index (κ2) is 9.47. The second-order valence-corrected chi connectivity index (χ2v) is 8.15. The molecule has 2 aliphatic rings. The molecule has 2 fully saturated rings. The van der Waals surface area contributed by atoms with Crippen molar-refractivity contribution in [3.8, 4) is 5.75 Å². The lowest BCUT2D eigenvalue weighted by molar-refractivity contribution is -0.137. The molecule has 0 N–H and O–H groups in total. The van der Waals surface area contributed by atoms with E-state index in [1.54, 1.807) is 13.2 Å². The van der Waals surface area contributed by atoms with Gasteiger partial charge in [0, 0.05) is 49.9 Å². The molecule has 0 aromatic heterocycles. The molecule has 1 amide bonds. The molecule has 5 nitrogen and oxygen atoms in total. The molecule has 0 saturated carbocycles. The monoisotopic (exact) mass is 411 g/mol. The van der Waals surface area contributed by atoms with Crippen LogP contribution in [0.5, 0.6) is 5.75 Å². The summed E-state index contributed by atoms with van der Waals surface area (Å²) in [6.07, 6.45) is 1.71. The highest BCUT2D eigenvalue weighted by Crippen LogP contribution is 2.24. The van der Waals surface area contributed by atoms with Crippen molar-refractivity contribution in [2.24, 2.45) is 5.92 Å². The number of amides is 1. The number of ether oxygens (including phenoxy) is 1. The van der Waals surface area contributed by atoms with Crippen molar-refractivity contribution >= 4 is 11.6 Å². The van der Waals surface area contributed by atoms with E-state index >= 15 is 0 Å². The molecule has 0 unspecified atom stereocenters. The number of piperazine rings is 1. The zero-order valence-corrected chi connectivity index (χ0v) is 17.6. The van der Waals surface area contributed by atoms with Gasteiger partial charge in [0.2, 0.25) is 5.91 Å². The summed E-state index contributed by atoms with van der Waals surface area (Å²) in [5, 5.41) is 0. The highest BCUT2D eigenvalue weighted by atomic mass is 19.1. The van der Waals surface area contributed by atoms with E-state index in [1.165, 1.54) is 11.8 Å². The van der Waals surface area contributed by atoms with Crippen LogP contribution in [0.4, 0.5) is 10.1 Å². The van der Waals surface area contributed by atoms with Crippen LogP contribution >= 0.6 is 0 Å². The average Bonchev–Trinajstić information content (AvgIpc) is 2.81. The number of benzene rings is 2. The number of hydrogen-bond donors (Lipinski definition) is 0. The molecule has 2 saturated heterocycles. The van der Waals surface area contributed by atoms with Crippen molar-refractivity contribution in [3.05, 3.63) is 59.9 Å². The first-order chi connectivity index (χ1) is 14.6. The quantitative estimate of drug-likeness (QED) is 0.756. The van der Waals surface area contributed by atoms with E-state index in [0.717, 1.165) is 63.4 Å². The van der Waals surface area contributed by atoms with Crippen molar-refractivity contribution in [1.82, 2.24) is 9.80 Å². The van der Waals surface area contributed by atoms with Gasteiger partial charge in [-0.25, -0.2) is 4.39 Å². The van der Waals surface area contributed by atoms with Crippen LogP contribution in [0.15, 0.2) is 48.5 Å². The first kappa shape index (κ1) is 20.7. The minimum atomic E-state index is -0.148. The Bertz CT molecular complexity index is 842. The lowest BCUT2D eigenvalue weighted by Gasteiger charge is -2.39. The number of halogens is 1. The Morgan fingerprint density at radius 1 is 0.967 bits per heavy atom. The average molecular weight is 412 g/mol. The minimum Gasteiger partial charge on any atom is -0.497 e. The Hall–Kier alpha value is -2.60. The molecule has 0 aliphatic carbocycles. The minimum absolute atomic E-state index is 0.0920. The number of methoxy groups -OCH3 is 1. The highest BCUT2D eigenvalue weighted by Gasteiger charge is 2.30. The maximum Gasteiger partial charge on any atom is 0.225 e. The molecule has 2 aliphatic heterocycles. The van der Waals surface area contributed by atoms with Crippen LogP contribution in [-0.4, -0.2) is 62.1 Å². The zero-order chi connectivity index (χ0) is 20.9. The molecule has 160 valence electrons. The Morgan fingerprint density at radius 2 is 1.63 bits per heavy atom. The molecule has 0 atom stereocenters. The molecular weight excluding hydrogens is 381 g/mol. The van der Waals surface area contributed by atoms with E-state index in [0.29, 0.717) is 6.54 Å². The van der Waals surface area contributed by atoms with Gasteiger partial charge in [-0.1, -0.05) is 18.2 Å². The van der Waals surface area contributed by atoms with Gasteiger partial charge in [-0.2, -0.15) is 0 Å². The van der Waals surface area contributed by atoms with Crippen LogP contribution in [0, 0.1) is 11.7 Å². The Kier molecular flexibility index (Phi) is 6.53. The topological polar surface area (TPSA) is 36.0 Å². The number of likely N-dealkylation sites (tertiary alicyclic amines) is 1. The van der Waals surface area contributed by atoms with E-state index in [2.05, 4.69) is 21.9 Å². The molecule has 30 heavy (non-hydrogen) atoms. The molecule has 0 radical (unpaired) electrons. The van der Waals surface area contributed by atoms with Crippen LogP contribution < -0.4 is 9.64 Å². The number of rotatable bonds is 5. The molecule has 2 aromatic carbocycles. The molecule has 6 heteroatoms. The fourth-order valence-electron chi connectivity index (χ4n) is 4.44. The molecule has 2 heterocycles. The third-order valence-corrected chi connectivity index (χ3v) is 6.32. The summed E-state index contributed by atoms with van der Waals surface area (Å²) in [5.41, 5.74) is 1.90. The number of hydrogen-bond acceptors (Lipinski definition) is 4. The standard InChI is InChI=1S/C24H30FN3O2/c1-30-22-8-6-21(7-9-22)27-14-16-28(17-15-27)24(29)19-10-12-26(13-11-19)18-20-4-2-3-5-23(20)25/h2-9,19H,10-18H2,1H3. The summed E-state index contributed by atoms with van der Waals surface area (Å²) in [6.45, 7) is 5.54. The number of carbonyl (C=O) groups is 1.